The molecular formula is C86H132N12O17. The van der Waals surface area contributed by atoms with Crippen LogP contribution in [-0.2, 0) is 66.6 Å². The minimum Gasteiger partial charge on any atom is -0.478 e. The lowest BCUT2D eigenvalue weighted by Gasteiger charge is -2.39. The quantitative estimate of drug-likeness (QED) is 0.0143. The molecule has 0 aromatic carbocycles. The molecule has 0 aliphatic carbocycles. The highest BCUT2D eigenvalue weighted by molar-refractivity contribution is 5.88. The molecule has 115 heavy (non-hydrogen) atoms. The molecule has 3 aromatic heterocycles. The number of carbonyl (C=O) groups excluding carboxylic acids is 4. The number of allylic oxidation sites excluding steroid dienone is 9. The second-order valence-corrected chi connectivity index (χ2v) is 31.8. The Balaban J connectivity index is 0.000000242. The first-order valence-corrected chi connectivity index (χ1v) is 40.2. The van der Waals surface area contributed by atoms with Crippen LogP contribution in [0.4, 0.5) is 0 Å². The molecule has 10 rings (SSSR count). The van der Waals surface area contributed by atoms with E-state index < -0.39 is 41.6 Å². The maximum atomic E-state index is 12.7. The smallest absolute Gasteiger partial charge is 0.328 e. The van der Waals surface area contributed by atoms with Crippen LogP contribution < -0.4 is 16.4 Å². The Kier molecular flexibility index (Phi) is 37.3. The first-order chi connectivity index (χ1) is 54.3. The van der Waals surface area contributed by atoms with Crippen molar-refractivity contribution in [3.63, 3.8) is 0 Å². The van der Waals surface area contributed by atoms with Gasteiger partial charge >= 0.3 is 17.9 Å². The molecule has 0 bridgehead atoms. The van der Waals surface area contributed by atoms with E-state index in [0.29, 0.717) is 55.6 Å². The summed E-state index contributed by atoms with van der Waals surface area (Å²) in [7, 11) is 2.69. The maximum absolute atomic E-state index is 12.7. The number of hydrogen-bond acceptors (Lipinski definition) is 23. The molecule has 7 aliphatic rings. The van der Waals surface area contributed by atoms with E-state index >= 15 is 0 Å². The first-order valence-electron chi connectivity index (χ1n) is 40.2. The van der Waals surface area contributed by atoms with E-state index in [-0.39, 0.29) is 121 Å². The number of aryl methyl sites for hydroxylation is 6. The van der Waals surface area contributed by atoms with Crippen molar-refractivity contribution >= 4 is 29.7 Å². The van der Waals surface area contributed by atoms with Gasteiger partial charge in [0.05, 0.1) is 119 Å². The minimum absolute atomic E-state index is 0.0125. The summed E-state index contributed by atoms with van der Waals surface area (Å²) in [5.74, 6) is 3.86. The number of hydrogen-bond donors (Lipinski definition) is 6. The number of epoxide rings is 2. The summed E-state index contributed by atoms with van der Waals surface area (Å²) < 4.78 is 55.5. The number of amides is 2. The molecule has 23 atom stereocenters. The highest BCUT2D eigenvalue weighted by Crippen LogP contribution is 2.45. The highest BCUT2D eigenvalue weighted by atomic mass is 16.6. The summed E-state index contributed by atoms with van der Waals surface area (Å²) in [6.45, 7) is 47.8. The van der Waals surface area contributed by atoms with Crippen LogP contribution in [0, 0.1) is 59.3 Å². The summed E-state index contributed by atoms with van der Waals surface area (Å²) in [5, 5.41) is 48.3. The lowest BCUT2D eigenvalue weighted by Crippen LogP contribution is -2.50. The van der Waals surface area contributed by atoms with E-state index in [0.717, 1.165) is 79.0 Å². The molecule has 29 nitrogen and oxygen atoms in total. The summed E-state index contributed by atoms with van der Waals surface area (Å²) in [5.41, 5.74) is 8.18. The van der Waals surface area contributed by atoms with Crippen LogP contribution in [0.5, 0.6) is 0 Å². The molecule has 7 fully saturated rings. The van der Waals surface area contributed by atoms with Crippen LogP contribution in [0.15, 0.2) is 122 Å². The lowest BCUT2D eigenvalue weighted by atomic mass is 9.87. The third-order valence-corrected chi connectivity index (χ3v) is 22.1. The number of nitrogens with one attached hydrogen (secondary N) is 2. The third kappa shape index (κ3) is 29.4. The van der Waals surface area contributed by atoms with Gasteiger partial charge in [-0.05, 0) is 160 Å². The Hall–Kier alpha value is -8.23. The molecule has 29 heteroatoms. The van der Waals surface area contributed by atoms with Crippen molar-refractivity contribution in [1.29, 1.82) is 0 Å². The lowest BCUT2D eigenvalue weighted by molar-refractivity contribution is -0.158. The zero-order chi connectivity index (χ0) is 85.3. The number of carboxylic acid groups (broad SMARTS) is 1. The normalized spacial score (nSPS) is 31.4. The monoisotopic (exact) mass is 1600 g/mol. The molecule has 7 saturated heterocycles. The number of methoxy groups -OCH3 is 2. The summed E-state index contributed by atoms with van der Waals surface area (Å²) in [4.78, 5) is 71.0. The van der Waals surface area contributed by atoms with E-state index in [4.69, 9.17) is 48.7 Å². The van der Waals surface area contributed by atoms with Crippen LogP contribution in [0.3, 0.4) is 0 Å². The fraction of sp³-hybridized carbons (Fsp3) is 0.640. The summed E-state index contributed by atoms with van der Waals surface area (Å²) >= 11 is 0. The fourth-order valence-electron chi connectivity index (χ4n) is 14.7. The number of aliphatic hydroxyl groups excluding tert-OH is 2. The second-order valence-electron chi connectivity index (χ2n) is 31.8. The van der Waals surface area contributed by atoms with Crippen LogP contribution in [0.2, 0.25) is 0 Å². The van der Waals surface area contributed by atoms with E-state index in [9.17, 15) is 34.2 Å². The van der Waals surface area contributed by atoms with Gasteiger partial charge in [0.1, 0.15) is 70.6 Å². The number of aromatic nitrogens is 9. The first kappa shape index (κ1) is 95.6. The predicted octanol–water partition coefficient (Wildman–Crippen LogP) is 10.7. The molecular weight excluding hydrogens is 1470 g/mol. The van der Waals surface area contributed by atoms with Crippen molar-refractivity contribution in [2.24, 2.45) is 23.5 Å². The highest BCUT2D eigenvalue weighted by Gasteiger charge is 2.59. The van der Waals surface area contributed by atoms with Gasteiger partial charge in [0, 0.05) is 37.1 Å². The Labute approximate surface area is 680 Å². The van der Waals surface area contributed by atoms with Crippen LogP contribution in [0.25, 0.3) is 0 Å². The Morgan fingerprint density at radius 2 is 0.887 bits per heavy atom. The molecule has 638 valence electrons. The van der Waals surface area contributed by atoms with Crippen molar-refractivity contribution in [3.05, 3.63) is 156 Å². The minimum atomic E-state index is -0.952. The van der Waals surface area contributed by atoms with Crippen LogP contribution >= 0.6 is 0 Å². The largest absolute Gasteiger partial charge is 0.478 e. The Morgan fingerprint density at radius 1 is 0.539 bits per heavy atom. The Morgan fingerprint density at radius 3 is 1.23 bits per heavy atom. The fourth-order valence-corrected chi connectivity index (χ4v) is 14.7. The zero-order valence-corrected chi connectivity index (χ0v) is 71.5. The average molecular weight is 1610 g/mol. The molecule has 7 aliphatic heterocycles. The van der Waals surface area contributed by atoms with Crippen molar-refractivity contribution in [2.45, 2.75) is 310 Å². The summed E-state index contributed by atoms with van der Waals surface area (Å²) in [6.07, 6.45) is 29.0. The number of esters is 2. The summed E-state index contributed by atoms with van der Waals surface area (Å²) in [6, 6.07) is -0.0765. The molecule has 10 heterocycles. The second kappa shape index (κ2) is 44.9. The number of ether oxygens (including phenoxy) is 9. The molecule has 7 N–H and O–H groups in total. The molecule has 3 unspecified atom stereocenters. The van der Waals surface area contributed by atoms with E-state index in [1.807, 2.05) is 124 Å². The van der Waals surface area contributed by atoms with Gasteiger partial charge in [-0.25, -0.2) is 33.8 Å². The van der Waals surface area contributed by atoms with Gasteiger partial charge in [0.25, 0.3) is 0 Å². The van der Waals surface area contributed by atoms with Gasteiger partial charge in [0.2, 0.25) is 11.8 Å². The number of aliphatic carboxylic acids is 1. The van der Waals surface area contributed by atoms with Gasteiger partial charge in [-0.2, -0.15) is 15.3 Å². The van der Waals surface area contributed by atoms with Crippen molar-refractivity contribution in [2.75, 3.05) is 27.4 Å². The molecule has 2 amide bonds. The molecule has 3 aromatic rings. The van der Waals surface area contributed by atoms with Crippen molar-refractivity contribution < 1.29 is 81.9 Å². The van der Waals surface area contributed by atoms with Gasteiger partial charge in [-0.1, -0.05) is 117 Å². The van der Waals surface area contributed by atoms with E-state index in [2.05, 4.69) is 118 Å². The molecule has 0 radical (unpaired) electrons. The van der Waals surface area contributed by atoms with Crippen molar-refractivity contribution in [1.82, 2.24) is 54.9 Å². The zero-order valence-electron chi connectivity index (χ0n) is 71.5. The number of rotatable bonds is 26. The molecule has 2 spiro atoms. The SMILES string of the molecule is C=C/C(C)=C/C[C@@H]1O[C@H](C)[C@H](N)C[C@@H]1C.C=C/C(C)=C/C[C@@H]1O[C@H](C)[C@H](NC(=O)/C=C\C(C)n2nc(C)nc2C)C[C@@H]1C.C=C[C@H]1O[C@H](CC(=O)OC)C[C@@]2(CO2)[C@@H]1O.COC(=O)C[C@@H]1C[C@@]2(CO2)[C@H](O)[C@@H](/C=C/C(C)=C/C[C@@H]2O[C@H](C)[C@H](NC(=O)/C=C\C(C)n3nc(C)nc3C)C[C@@H]2C)O1.Cc1nc(C)n(C(C)/C=C\C(=O)O)n1. The molecule has 0 saturated carbocycles. The standard InChI is InChI=1S/C31H46N4O7.C22H34N4O2.C13H23NO.C11H16O5.C9H13N3O2/c1-18(9-12-27-30(38)31(17-40-31)16-24(42-27)15-29(37)39-7)8-11-26-19(2)14-25(21(4)41-26)33-28(36)13-10-20(3)35-23(6)32-22(5)34-35;1-8-14(2)9-11-21-15(3)13-20(17(5)28-21)24-22(27)12-10-16(4)26-19(7)23-18(6)25-26;1-5-9(2)6-7-13-10(3)8-12(14)11(4)15-13;1-3-8-10(13)11(6-15-11)5-7(16-8)4-9(12)14-2;1-6(4-5-9(13)14)12-8(3)10-7(2)11-12/h8-10,12-13,19-21,24-27,30,38H,11,14-17H2,1-7H3,(H,33,36);8-10,12,15-17,20-21H,1,11,13H2,2-7H3,(H,24,27);5-6,10-13H,1,7-8,14H2,2-4H3;3,7-8,10,13H,1,4-6H2,2H3;4-6H,1-3H3,(H,13,14)/b12-9+,13-10-,18-8+;12-10-,14-9+;9-6+;;5-4-/t19-,20?,21+,24+,25+,26-,27+,30+,31+;15-,16?,17+,20+,21-;10-,11+,12+,13-;7-,8-,10-,11-;/m0001./s1. The predicted molar refractivity (Wildman–Crippen MR) is 438 cm³/mol. The van der Waals surface area contributed by atoms with Gasteiger partial charge in [0.15, 0.2) is 0 Å². The van der Waals surface area contributed by atoms with Gasteiger partial charge < -0.3 is 74.3 Å². The number of nitrogens with two attached hydrogens (primary N) is 1. The number of aliphatic hydroxyl groups is 2. The average Bonchev–Trinajstić information content (AvgIpc) is 1.61. The maximum Gasteiger partial charge on any atom is 0.328 e. The third-order valence-electron chi connectivity index (χ3n) is 22.1. The van der Waals surface area contributed by atoms with E-state index in [1.165, 1.54) is 25.9 Å². The van der Waals surface area contributed by atoms with Crippen LogP contribution in [-0.4, -0.2) is 219 Å². The topological polar surface area (TPSA) is 378 Å². The van der Waals surface area contributed by atoms with E-state index in [1.54, 1.807) is 34.5 Å². The number of carboxylic acids is 1. The number of nitrogens with zero attached hydrogens (tertiary/aromatic N) is 9. The van der Waals surface area contributed by atoms with Gasteiger partial charge in [-0.3, -0.25) is 19.2 Å². The van der Waals surface area contributed by atoms with Gasteiger partial charge in [-0.15, -0.1) is 6.58 Å². The van der Waals surface area contributed by atoms with Crippen molar-refractivity contribution in [3.8, 4) is 0 Å². The Bertz CT molecular complexity index is 3940. The van der Waals surface area contributed by atoms with Crippen LogP contribution in [0.1, 0.15) is 200 Å². The number of carbonyl (C=O) groups is 5.